The van der Waals surface area contributed by atoms with Crippen LogP contribution in [0.15, 0.2) is 12.7 Å². The lowest BCUT2D eigenvalue weighted by Crippen LogP contribution is -2.46. The Bertz CT molecular complexity index is 454. The summed E-state index contributed by atoms with van der Waals surface area (Å²) in [6.45, 7) is 15.2. The van der Waals surface area contributed by atoms with E-state index in [1.165, 1.54) is 6.42 Å². The van der Waals surface area contributed by atoms with Crippen molar-refractivity contribution in [2.24, 2.45) is 16.7 Å². The fraction of sp³-hybridized carbons (Fsp3) is 0.765. The van der Waals surface area contributed by atoms with Crippen LogP contribution in [0.2, 0.25) is 19.1 Å². The SMILES string of the molecule is C=CC[Si](C)(C)C#C[C@@]1(O)C[C@H]2CC[C@]1(C)C2(C)C. The van der Waals surface area contributed by atoms with E-state index in [-0.39, 0.29) is 10.8 Å². The van der Waals surface area contributed by atoms with E-state index in [1.54, 1.807) is 0 Å². The van der Waals surface area contributed by atoms with Gasteiger partial charge in [-0.1, -0.05) is 45.9 Å². The van der Waals surface area contributed by atoms with Crippen molar-refractivity contribution in [3.8, 4) is 11.5 Å². The molecule has 0 radical (unpaired) electrons. The van der Waals surface area contributed by atoms with Crippen LogP contribution in [0.4, 0.5) is 0 Å². The third-order valence-corrected chi connectivity index (χ3v) is 8.26. The first-order chi connectivity index (χ1) is 8.58. The second kappa shape index (κ2) is 4.23. The van der Waals surface area contributed by atoms with Gasteiger partial charge < -0.3 is 5.11 Å². The molecule has 3 atom stereocenters. The molecule has 0 amide bonds. The van der Waals surface area contributed by atoms with Crippen LogP contribution in [-0.4, -0.2) is 18.8 Å². The lowest BCUT2D eigenvalue weighted by molar-refractivity contribution is -0.0432. The van der Waals surface area contributed by atoms with Gasteiger partial charge in [0.05, 0.1) is 0 Å². The maximum atomic E-state index is 11.1. The number of allylic oxidation sites excluding steroid dienone is 1. The van der Waals surface area contributed by atoms with Crippen molar-refractivity contribution in [3.63, 3.8) is 0 Å². The van der Waals surface area contributed by atoms with Crippen LogP contribution in [0.3, 0.4) is 0 Å². The highest BCUT2D eigenvalue weighted by molar-refractivity contribution is 6.85. The molecule has 2 bridgehead atoms. The topological polar surface area (TPSA) is 20.2 Å². The Morgan fingerprint density at radius 1 is 1.37 bits per heavy atom. The Morgan fingerprint density at radius 3 is 2.42 bits per heavy atom. The van der Waals surface area contributed by atoms with Gasteiger partial charge in [-0.05, 0) is 36.6 Å². The molecule has 0 aliphatic heterocycles. The summed E-state index contributed by atoms with van der Waals surface area (Å²) in [5.74, 6) is 3.96. The third kappa shape index (κ3) is 2.02. The van der Waals surface area contributed by atoms with Crippen LogP contribution in [-0.2, 0) is 0 Å². The second-order valence-corrected chi connectivity index (χ2v) is 12.4. The minimum absolute atomic E-state index is 0.0453. The van der Waals surface area contributed by atoms with Crippen LogP contribution in [0, 0.1) is 28.2 Å². The Morgan fingerprint density at radius 2 is 2.00 bits per heavy atom. The Balaban J connectivity index is 2.32. The average Bonchev–Trinajstić information content (AvgIpc) is 2.59. The zero-order chi connectivity index (χ0) is 14.5. The number of fused-ring (bicyclic) bond motifs is 2. The van der Waals surface area contributed by atoms with Gasteiger partial charge in [-0.2, -0.15) is 0 Å². The van der Waals surface area contributed by atoms with E-state index in [1.807, 2.05) is 6.08 Å². The van der Waals surface area contributed by atoms with E-state index >= 15 is 0 Å². The van der Waals surface area contributed by atoms with Gasteiger partial charge in [0.1, 0.15) is 13.7 Å². The summed E-state index contributed by atoms with van der Waals surface area (Å²) in [6.07, 6.45) is 5.19. The largest absolute Gasteiger partial charge is 0.377 e. The molecular weight excluding hydrogens is 248 g/mol. The molecule has 0 spiro atoms. The normalized spacial score (nSPS) is 39.8. The van der Waals surface area contributed by atoms with E-state index in [4.69, 9.17) is 0 Å². The molecule has 2 aliphatic carbocycles. The van der Waals surface area contributed by atoms with E-state index in [0.717, 1.165) is 18.9 Å². The molecular formula is C17H28OSi. The van der Waals surface area contributed by atoms with E-state index in [9.17, 15) is 5.11 Å². The number of aliphatic hydroxyl groups is 1. The molecule has 0 aromatic heterocycles. The molecule has 2 aliphatic rings. The monoisotopic (exact) mass is 276 g/mol. The summed E-state index contributed by atoms with van der Waals surface area (Å²) in [5.41, 5.74) is 2.85. The van der Waals surface area contributed by atoms with Gasteiger partial charge >= 0.3 is 0 Å². The summed E-state index contributed by atoms with van der Waals surface area (Å²) in [5, 5.41) is 11.1. The lowest BCUT2D eigenvalue weighted by Gasteiger charge is -2.42. The van der Waals surface area contributed by atoms with Gasteiger partial charge in [0.25, 0.3) is 0 Å². The summed E-state index contributed by atoms with van der Waals surface area (Å²) in [7, 11) is -1.56. The first-order valence-corrected chi connectivity index (χ1v) is 10.7. The predicted molar refractivity (Wildman–Crippen MR) is 84.4 cm³/mol. The van der Waals surface area contributed by atoms with Crippen LogP contribution in [0.5, 0.6) is 0 Å². The van der Waals surface area contributed by atoms with Crippen LogP contribution >= 0.6 is 0 Å². The molecule has 2 fully saturated rings. The molecule has 2 rings (SSSR count). The smallest absolute Gasteiger partial charge is 0.136 e. The Hall–Kier alpha value is -0.523. The van der Waals surface area contributed by atoms with Crippen molar-refractivity contribution in [2.45, 2.75) is 64.8 Å². The van der Waals surface area contributed by atoms with Crippen LogP contribution < -0.4 is 0 Å². The standard InChI is InChI=1S/C17H28OSi/c1-7-11-19(5,6)12-10-17(18)13-14-8-9-16(17,4)15(14,2)3/h7,14,18H,1,8-9,11,13H2,2-6H3/t14-,16-,17-/m1/s1. The van der Waals surface area contributed by atoms with Crippen molar-refractivity contribution in [2.75, 3.05) is 0 Å². The molecule has 19 heavy (non-hydrogen) atoms. The van der Waals surface area contributed by atoms with Crippen LogP contribution in [0.1, 0.15) is 40.0 Å². The van der Waals surface area contributed by atoms with Gasteiger partial charge in [-0.3, -0.25) is 0 Å². The number of hydrogen-bond acceptors (Lipinski definition) is 1. The van der Waals surface area contributed by atoms with Crippen molar-refractivity contribution in [1.82, 2.24) is 0 Å². The summed E-state index contributed by atoms with van der Waals surface area (Å²) in [4.78, 5) is 0. The summed E-state index contributed by atoms with van der Waals surface area (Å²) in [6, 6.07) is 1.000. The Kier molecular flexibility index (Phi) is 3.32. The summed E-state index contributed by atoms with van der Waals surface area (Å²) < 4.78 is 0. The van der Waals surface area contributed by atoms with Gasteiger partial charge in [0.2, 0.25) is 0 Å². The molecule has 2 saturated carbocycles. The lowest BCUT2D eigenvalue weighted by atomic mass is 9.65. The van der Waals surface area contributed by atoms with Crippen molar-refractivity contribution in [3.05, 3.63) is 12.7 Å². The first kappa shape index (κ1) is 14.9. The predicted octanol–water partition coefficient (Wildman–Crippen LogP) is 4.00. The highest BCUT2D eigenvalue weighted by atomic mass is 28.3. The zero-order valence-corrected chi connectivity index (χ0v) is 14.1. The van der Waals surface area contributed by atoms with Crippen LogP contribution in [0.25, 0.3) is 0 Å². The minimum atomic E-state index is -1.56. The maximum absolute atomic E-state index is 11.1. The fourth-order valence-electron chi connectivity index (χ4n) is 4.15. The fourth-order valence-corrected chi connectivity index (χ4v) is 5.52. The van der Waals surface area contributed by atoms with Gasteiger partial charge in [0, 0.05) is 5.41 Å². The van der Waals surface area contributed by atoms with E-state index in [2.05, 4.69) is 51.9 Å². The second-order valence-electron chi connectivity index (χ2n) is 7.98. The molecule has 0 aromatic carbocycles. The molecule has 2 heteroatoms. The first-order valence-electron chi connectivity index (χ1n) is 7.46. The highest BCUT2D eigenvalue weighted by Gasteiger charge is 2.68. The molecule has 0 saturated heterocycles. The van der Waals surface area contributed by atoms with E-state index < -0.39 is 13.7 Å². The number of rotatable bonds is 2. The van der Waals surface area contributed by atoms with Crippen molar-refractivity contribution in [1.29, 1.82) is 0 Å². The van der Waals surface area contributed by atoms with Gasteiger partial charge in [0.15, 0.2) is 0 Å². The van der Waals surface area contributed by atoms with Crippen molar-refractivity contribution < 1.29 is 5.11 Å². The molecule has 106 valence electrons. The molecule has 1 N–H and O–H groups in total. The summed E-state index contributed by atoms with van der Waals surface area (Å²) >= 11 is 0. The molecule has 0 heterocycles. The average molecular weight is 276 g/mol. The highest BCUT2D eigenvalue weighted by Crippen LogP contribution is 2.69. The van der Waals surface area contributed by atoms with Gasteiger partial charge in [-0.25, -0.2) is 0 Å². The minimum Gasteiger partial charge on any atom is -0.377 e. The third-order valence-electron chi connectivity index (χ3n) is 6.15. The maximum Gasteiger partial charge on any atom is 0.136 e. The zero-order valence-electron chi connectivity index (χ0n) is 13.1. The van der Waals surface area contributed by atoms with Gasteiger partial charge in [-0.15, -0.1) is 12.1 Å². The molecule has 0 aromatic rings. The Labute approximate surface area is 119 Å². The molecule has 1 nitrogen and oxygen atoms in total. The van der Waals surface area contributed by atoms with E-state index in [0.29, 0.717) is 5.92 Å². The molecule has 0 unspecified atom stereocenters. The van der Waals surface area contributed by atoms with Crippen molar-refractivity contribution >= 4 is 8.07 Å². The quantitative estimate of drug-likeness (QED) is 0.459. The number of hydrogen-bond donors (Lipinski definition) is 1.